The number of carbonyl (C=O) groups excluding carboxylic acids is 2. The summed E-state index contributed by atoms with van der Waals surface area (Å²) in [6.45, 7) is 5.61. The molecule has 0 aliphatic heterocycles. The maximum atomic E-state index is 12.1. The number of benzene rings is 2. The van der Waals surface area contributed by atoms with Gasteiger partial charge in [-0.05, 0) is 62.2 Å². The number of aryl methyl sites for hydroxylation is 2. The van der Waals surface area contributed by atoms with Gasteiger partial charge < -0.3 is 10.1 Å². The number of rotatable bonds is 6. The molecule has 0 unspecified atom stereocenters. The van der Waals surface area contributed by atoms with Gasteiger partial charge in [-0.2, -0.15) is 0 Å². The first-order chi connectivity index (χ1) is 11.8. The van der Waals surface area contributed by atoms with Crippen molar-refractivity contribution in [3.8, 4) is 0 Å². The molecule has 0 aliphatic carbocycles. The molecule has 0 fully saturated rings. The standard InChI is InChI=1S/C19H20ClNO3S/c1-12-7-8-17(9-13(12)2)25-11-18(22)24-14(3)19(23)21-16-6-4-5-15(20)10-16/h4-10,14H,11H2,1-3H3,(H,21,23)/t14-/m0/s1. The highest BCUT2D eigenvalue weighted by molar-refractivity contribution is 8.00. The van der Waals surface area contributed by atoms with Gasteiger partial charge in [0.2, 0.25) is 0 Å². The number of hydrogen-bond acceptors (Lipinski definition) is 4. The van der Waals surface area contributed by atoms with E-state index >= 15 is 0 Å². The zero-order chi connectivity index (χ0) is 18.4. The molecular weight excluding hydrogens is 358 g/mol. The average molecular weight is 378 g/mol. The molecule has 0 heterocycles. The molecule has 25 heavy (non-hydrogen) atoms. The second-order valence-electron chi connectivity index (χ2n) is 5.67. The van der Waals surface area contributed by atoms with E-state index in [2.05, 4.69) is 5.32 Å². The second-order valence-corrected chi connectivity index (χ2v) is 7.15. The Labute approximate surface area is 156 Å². The van der Waals surface area contributed by atoms with Gasteiger partial charge in [-0.1, -0.05) is 23.7 Å². The molecule has 2 aromatic carbocycles. The van der Waals surface area contributed by atoms with Gasteiger partial charge in [0.05, 0.1) is 5.75 Å². The number of esters is 1. The van der Waals surface area contributed by atoms with Gasteiger partial charge in [0.25, 0.3) is 5.91 Å². The van der Waals surface area contributed by atoms with Gasteiger partial charge >= 0.3 is 5.97 Å². The number of thioether (sulfide) groups is 1. The molecule has 0 aliphatic rings. The number of carbonyl (C=O) groups is 2. The zero-order valence-electron chi connectivity index (χ0n) is 14.3. The minimum absolute atomic E-state index is 0.150. The second kappa shape index (κ2) is 8.92. The number of amides is 1. The molecule has 2 rings (SSSR count). The summed E-state index contributed by atoms with van der Waals surface area (Å²) in [5.74, 6) is -0.680. The van der Waals surface area contributed by atoms with E-state index in [0.717, 1.165) is 4.90 Å². The fraction of sp³-hybridized carbons (Fsp3) is 0.263. The van der Waals surface area contributed by atoms with Crippen LogP contribution in [0.2, 0.25) is 5.02 Å². The van der Waals surface area contributed by atoms with Crippen LogP contribution in [0.5, 0.6) is 0 Å². The summed E-state index contributed by atoms with van der Waals surface area (Å²) in [6, 6.07) is 12.8. The summed E-state index contributed by atoms with van der Waals surface area (Å²) >= 11 is 7.26. The molecule has 0 radical (unpaired) electrons. The van der Waals surface area contributed by atoms with Crippen molar-refractivity contribution in [2.75, 3.05) is 11.1 Å². The van der Waals surface area contributed by atoms with E-state index in [-0.39, 0.29) is 5.75 Å². The Bertz CT molecular complexity index is 779. The fourth-order valence-corrected chi connectivity index (χ4v) is 3.01. The smallest absolute Gasteiger partial charge is 0.317 e. The molecule has 0 bridgehead atoms. The third-order valence-corrected chi connectivity index (χ3v) is 4.81. The van der Waals surface area contributed by atoms with E-state index in [0.29, 0.717) is 10.7 Å². The van der Waals surface area contributed by atoms with Crippen LogP contribution in [0.1, 0.15) is 18.1 Å². The average Bonchev–Trinajstić information content (AvgIpc) is 2.56. The van der Waals surface area contributed by atoms with Gasteiger partial charge in [0, 0.05) is 15.6 Å². The minimum Gasteiger partial charge on any atom is -0.452 e. The number of halogens is 1. The van der Waals surface area contributed by atoms with Crippen molar-refractivity contribution in [3.63, 3.8) is 0 Å². The summed E-state index contributed by atoms with van der Waals surface area (Å²) in [5.41, 5.74) is 2.94. The largest absolute Gasteiger partial charge is 0.452 e. The van der Waals surface area contributed by atoms with E-state index in [1.807, 2.05) is 32.0 Å². The van der Waals surface area contributed by atoms with E-state index in [9.17, 15) is 9.59 Å². The molecule has 1 N–H and O–H groups in total. The van der Waals surface area contributed by atoms with E-state index in [1.54, 1.807) is 31.2 Å². The fourth-order valence-electron chi connectivity index (χ4n) is 2.04. The number of ether oxygens (including phenoxy) is 1. The lowest BCUT2D eigenvalue weighted by Crippen LogP contribution is -2.30. The number of hydrogen-bond donors (Lipinski definition) is 1. The van der Waals surface area contributed by atoms with E-state index in [1.165, 1.54) is 22.9 Å². The Morgan fingerprint density at radius 2 is 1.92 bits per heavy atom. The van der Waals surface area contributed by atoms with Crippen LogP contribution in [-0.2, 0) is 14.3 Å². The lowest BCUT2D eigenvalue weighted by atomic mass is 10.1. The van der Waals surface area contributed by atoms with Crippen LogP contribution in [0.3, 0.4) is 0 Å². The summed E-state index contributed by atoms with van der Waals surface area (Å²) in [4.78, 5) is 25.0. The first-order valence-electron chi connectivity index (χ1n) is 7.81. The zero-order valence-corrected chi connectivity index (χ0v) is 15.9. The molecule has 0 aromatic heterocycles. The van der Waals surface area contributed by atoms with Crippen molar-refractivity contribution in [3.05, 3.63) is 58.6 Å². The summed E-state index contributed by atoms with van der Waals surface area (Å²) in [7, 11) is 0. The van der Waals surface area contributed by atoms with Crippen molar-refractivity contribution in [1.29, 1.82) is 0 Å². The van der Waals surface area contributed by atoms with Crippen molar-refractivity contribution in [2.45, 2.75) is 31.8 Å². The van der Waals surface area contributed by atoms with E-state index in [4.69, 9.17) is 16.3 Å². The van der Waals surface area contributed by atoms with Crippen LogP contribution in [0, 0.1) is 13.8 Å². The highest BCUT2D eigenvalue weighted by Crippen LogP contribution is 2.21. The van der Waals surface area contributed by atoms with Gasteiger partial charge in [-0.25, -0.2) is 0 Å². The third kappa shape index (κ3) is 6.11. The van der Waals surface area contributed by atoms with Crippen LogP contribution in [0.25, 0.3) is 0 Å². The molecule has 2 aromatic rings. The molecule has 0 saturated carbocycles. The van der Waals surface area contributed by atoms with Gasteiger partial charge in [-0.15, -0.1) is 11.8 Å². The van der Waals surface area contributed by atoms with Crippen molar-refractivity contribution < 1.29 is 14.3 Å². The number of nitrogens with one attached hydrogen (secondary N) is 1. The Morgan fingerprint density at radius 3 is 2.60 bits per heavy atom. The molecule has 0 saturated heterocycles. The third-order valence-electron chi connectivity index (χ3n) is 3.60. The lowest BCUT2D eigenvalue weighted by molar-refractivity contribution is -0.150. The molecule has 4 nitrogen and oxygen atoms in total. The minimum atomic E-state index is -0.883. The maximum Gasteiger partial charge on any atom is 0.317 e. The SMILES string of the molecule is Cc1ccc(SCC(=O)O[C@@H](C)C(=O)Nc2cccc(Cl)c2)cc1C. The normalized spacial score (nSPS) is 11.7. The highest BCUT2D eigenvalue weighted by Gasteiger charge is 2.18. The monoisotopic (exact) mass is 377 g/mol. The lowest BCUT2D eigenvalue weighted by Gasteiger charge is -2.13. The van der Waals surface area contributed by atoms with Crippen LogP contribution in [-0.4, -0.2) is 23.7 Å². The Kier molecular flexibility index (Phi) is 6.91. The van der Waals surface area contributed by atoms with Crippen LogP contribution < -0.4 is 5.32 Å². The summed E-state index contributed by atoms with van der Waals surface area (Å²) < 4.78 is 5.19. The predicted octanol–water partition coefficient (Wildman–Crippen LogP) is 4.62. The summed E-state index contributed by atoms with van der Waals surface area (Å²) in [5, 5.41) is 3.19. The van der Waals surface area contributed by atoms with Gasteiger partial charge in [0.1, 0.15) is 0 Å². The van der Waals surface area contributed by atoms with E-state index < -0.39 is 18.0 Å². The van der Waals surface area contributed by atoms with Crippen LogP contribution in [0.15, 0.2) is 47.4 Å². The topological polar surface area (TPSA) is 55.4 Å². The predicted molar refractivity (Wildman–Crippen MR) is 102 cm³/mol. The van der Waals surface area contributed by atoms with Gasteiger partial charge in [-0.3, -0.25) is 9.59 Å². The molecule has 1 amide bonds. The molecule has 1 atom stereocenters. The quantitative estimate of drug-likeness (QED) is 0.589. The van der Waals surface area contributed by atoms with Gasteiger partial charge in [0.15, 0.2) is 6.10 Å². The molecule has 0 spiro atoms. The van der Waals surface area contributed by atoms with Crippen molar-refractivity contribution >= 4 is 40.9 Å². The first kappa shape index (κ1) is 19.3. The molecule has 132 valence electrons. The Morgan fingerprint density at radius 1 is 1.16 bits per heavy atom. The highest BCUT2D eigenvalue weighted by atomic mass is 35.5. The molecule has 6 heteroatoms. The van der Waals surface area contributed by atoms with Crippen molar-refractivity contribution in [1.82, 2.24) is 0 Å². The Hall–Kier alpha value is -1.98. The van der Waals surface area contributed by atoms with Crippen LogP contribution in [0.4, 0.5) is 5.69 Å². The first-order valence-corrected chi connectivity index (χ1v) is 9.17. The maximum absolute atomic E-state index is 12.1. The van der Waals surface area contributed by atoms with Crippen molar-refractivity contribution in [2.24, 2.45) is 0 Å². The number of anilines is 1. The Balaban J connectivity index is 1.82. The summed E-state index contributed by atoms with van der Waals surface area (Å²) in [6.07, 6.45) is -0.883. The molecular formula is C19H20ClNO3S. The van der Waals surface area contributed by atoms with Crippen LogP contribution >= 0.6 is 23.4 Å².